The summed E-state index contributed by atoms with van der Waals surface area (Å²) in [6.07, 6.45) is 0.981. The van der Waals surface area contributed by atoms with Crippen molar-refractivity contribution in [2.24, 2.45) is 0 Å². The zero-order chi connectivity index (χ0) is 20.1. The molecular weight excluding hydrogens is 346 g/mol. The molecule has 1 aromatic carbocycles. The predicted molar refractivity (Wildman–Crippen MR) is 110 cm³/mol. The number of phenolic OH excluding ortho intramolecular Hbond substituents is 1. The topological polar surface area (TPSA) is 49.8 Å². The summed E-state index contributed by atoms with van der Waals surface area (Å²) in [5.41, 5.74) is 1.77. The molecule has 26 heavy (non-hydrogen) atoms. The first kappa shape index (κ1) is 22.8. The van der Waals surface area contributed by atoms with E-state index in [1.165, 1.54) is 12.0 Å². The summed E-state index contributed by atoms with van der Waals surface area (Å²) in [7, 11) is 3.34. The van der Waals surface area contributed by atoms with E-state index in [1.54, 1.807) is 11.8 Å². The van der Waals surface area contributed by atoms with Gasteiger partial charge in [0, 0.05) is 16.0 Å². The lowest BCUT2D eigenvalue weighted by atomic mass is 9.79. The second kappa shape index (κ2) is 9.14. The molecule has 5 heteroatoms. The van der Waals surface area contributed by atoms with E-state index in [9.17, 15) is 9.90 Å². The van der Waals surface area contributed by atoms with Gasteiger partial charge in [-0.05, 0) is 48.7 Å². The number of hydrogen-bond acceptors (Lipinski definition) is 5. The van der Waals surface area contributed by atoms with Gasteiger partial charge < -0.3 is 9.84 Å². The molecule has 0 aliphatic rings. The number of hydrogen-bond donors (Lipinski definition) is 1. The summed E-state index contributed by atoms with van der Waals surface area (Å²) in [6.45, 7) is 13.9. The molecule has 1 N–H and O–H groups in total. The second-order valence-electron chi connectivity index (χ2n) is 8.88. The summed E-state index contributed by atoms with van der Waals surface area (Å²) in [4.78, 5) is 14.4. The van der Waals surface area contributed by atoms with Crippen LogP contribution in [0.4, 0.5) is 0 Å². The molecule has 0 aliphatic carbocycles. The van der Waals surface area contributed by atoms with E-state index in [2.05, 4.69) is 58.4 Å². The van der Waals surface area contributed by atoms with Crippen molar-refractivity contribution >= 4 is 17.7 Å². The third-order valence-electron chi connectivity index (χ3n) is 4.28. The van der Waals surface area contributed by atoms with Crippen LogP contribution >= 0.6 is 11.8 Å². The van der Waals surface area contributed by atoms with Crippen LogP contribution in [0.2, 0.25) is 0 Å². The van der Waals surface area contributed by atoms with Crippen LogP contribution in [0.1, 0.15) is 59.1 Å². The molecule has 0 aliphatic heterocycles. The first-order chi connectivity index (χ1) is 11.9. The summed E-state index contributed by atoms with van der Waals surface area (Å²) in [5, 5.41) is 10.8. The molecule has 148 valence electrons. The minimum atomic E-state index is -0.205. The number of likely N-dealkylation sites (N-methyl/N-ethyl adjacent to an activating group) is 1. The number of esters is 1. The summed E-state index contributed by atoms with van der Waals surface area (Å²) in [6, 6.07) is 4.24. The lowest BCUT2D eigenvalue weighted by molar-refractivity contribution is -0.141. The van der Waals surface area contributed by atoms with Crippen molar-refractivity contribution < 1.29 is 14.6 Å². The number of phenols is 1. The number of rotatable bonds is 7. The zero-order valence-electron chi connectivity index (χ0n) is 17.6. The van der Waals surface area contributed by atoms with Crippen LogP contribution in [0.15, 0.2) is 17.0 Å². The fourth-order valence-electron chi connectivity index (χ4n) is 2.72. The van der Waals surface area contributed by atoms with Gasteiger partial charge in [-0.1, -0.05) is 41.5 Å². The molecule has 0 saturated heterocycles. The Morgan fingerprint density at radius 1 is 1.12 bits per heavy atom. The Kier molecular flexibility index (Phi) is 8.03. The van der Waals surface area contributed by atoms with Gasteiger partial charge in [-0.25, -0.2) is 0 Å². The van der Waals surface area contributed by atoms with Crippen molar-refractivity contribution in [3.63, 3.8) is 0 Å². The SMILES string of the molecule is COC(=O)CN(C)CCCSc1cc(C(C)(C)C)c(O)c(C(C)(C)C)c1. The Labute approximate surface area is 163 Å². The maximum absolute atomic E-state index is 11.3. The van der Waals surface area contributed by atoms with Crippen LogP contribution in [0.3, 0.4) is 0 Å². The highest BCUT2D eigenvalue weighted by Crippen LogP contribution is 2.41. The molecular formula is C21H35NO3S. The van der Waals surface area contributed by atoms with Crippen molar-refractivity contribution in [3.8, 4) is 5.75 Å². The van der Waals surface area contributed by atoms with Crippen molar-refractivity contribution in [2.45, 2.75) is 63.7 Å². The molecule has 0 atom stereocenters. The normalized spacial score (nSPS) is 12.5. The van der Waals surface area contributed by atoms with Gasteiger partial charge >= 0.3 is 5.97 Å². The van der Waals surface area contributed by atoms with Crippen molar-refractivity contribution in [3.05, 3.63) is 23.3 Å². The quantitative estimate of drug-likeness (QED) is 0.426. The summed E-state index contributed by atoms with van der Waals surface area (Å²) < 4.78 is 4.69. The van der Waals surface area contributed by atoms with Gasteiger partial charge in [0.1, 0.15) is 5.75 Å². The number of methoxy groups -OCH3 is 1. The molecule has 0 spiro atoms. The highest BCUT2D eigenvalue weighted by Gasteiger charge is 2.26. The second-order valence-corrected chi connectivity index (χ2v) is 10.1. The van der Waals surface area contributed by atoms with Gasteiger partial charge in [-0.3, -0.25) is 9.69 Å². The predicted octanol–water partition coefficient (Wildman–Crippen LogP) is 4.57. The van der Waals surface area contributed by atoms with E-state index in [-0.39, 0.29) is 16.8 Å². The van der Waals surface area contributed by atoms with Gasteiger partial charge in [-0.15, -0.1) is 11.8 Å². The Morgan fingerprint density at radius 2 is 1.62 bits per heavy atom. The first-order valence-electron chi connectivity index (χ1n) is 9.12. The lowest BCUT2D eigenvalue weighted by Gasteiger charge is -2.28. The minimum Gasteiger partial charge on any atom is -0.507 e. The molecule has 0 fully saturated rings. The third kappa shape index (κ3) is 6.84. The average molecular weight is 382 g/mol. The molecule has 0 aromatic heterocycles. The largest absolute Gasteiger partial charge is 0.507 e. The fourth-order valence-corrected chi connectivity index (χ4v) is 3.63. The maximum Gasteiger partial charge on any atom is 0.319 e. The van der Waals surface area contributed by atoms with Crippen LogP contribution in [0.5, 0.6) is 5.75 Å². The molecule has 0 radical (unpaired) electrons. The summed E-state index contributed by atoms with van der Waals surface area (Å²) >= 11 is 1.80. The Hall–Kier alpha value is -1.20. The molecule has 0 unspecified atom stereocenters. The molecule has 1 rings (SSSR count). The monoisotopic (exact) mass is 381 g/mol. The van der Waals surface area contributed by atoms with E-state index in [0.717, 1.165) is 29.8 Å². The van der Waals surface area contributed by atoms with Gasteiger partial charge in [0.15, 0.2) is 0 Å². The van der Waals surface area contributed by atoms with Crippen LogP contribution in [0.25, 0.3) is 0 Å². The van der Waals surface area contributed by atoms with Gasteiger partial charge in [0.05, 0.1) is 13.7 Å². The number of carbonyl (C=O) groups excluding carboxylic acids is 1. The number of ether oxygens (including phenoxy) is 1. The highest BCUT2D eigenvalue weighted by molar-refractivity contribution is 7.99. The van der Waals surface area contributed by atoms with Crippen molar-refractivity contribution in [1.82, 2.24) is 4.90 Å². The van der Waals surface area contributed by atoms with Crippen molar-refractivity contribution in [2.75, 3.05) is 33.0 Å². The Morgan fingerprint density at radius 3 is 2.04 bits per heavy atom. The number of aromatic hydroxyl groups is 1. The maximum atomic E-state index is 11.3. The van der Waals surface area contributed by atoms with Crippen LogP contribution in [-0.2, 0) is 20.4 Å². The van der Waals surface area contributed by atoms with E-state index in [4.69, 9.17) is 0 Å². The van der Waals surface area contributed by atoms with Crippen LogP contribution in [-0.4, -0.2) is 49.0 Å². The molecule has 4 nitrogen and oxygen atoms in total. The van der Waals surface area contributed by atoms with Crippen LogP contribution in [0, 0.1) is 0 Å². The Balaban J connectivity index is 2.82. The minimum absolute atomic E-state index is 0.110. The third-order valence-corrected chi connectivity index (χ3v) is 5.34. The molecule has 0 saturated carbocycles. The van der Waals surface area contributed by atoms with E-state index in [1.807, 2.05) is 11.9 Å². The zero-order valence-corrected chi connectivity index (χ0v) is 18.4. The molecule has 1 aromatic rings. The number of nitrogens with zero attached hydrogens (tertiary/aromatic N) is 1. The van der Waals surface area contributed by atoms with Gasteiger partial charge in [0.2, 0.25) is 0 Å². The van der Waals surface area contributed by atoms with E-state index in [0.29, 0.717) is 12.3 Å². The van der Waals surface area contributed by atoms with E-state index >= 15 is 0 Å². The fraction of sp³-hybridized carbons (Fsp3) is 0.667. The Bertz CT molecular complexity index is 580. The lowest BCUT2D eigenvalue weighted by Crippen LogP contribution is -2.27. The number of carbonyl (C=O) groups is 1. The standard InChI is InChI=1S/C21H35NO3S/c1-20(2,3)16-12-15(13-17(19(16)24)21(4,5)6)26-11-9-10-22(7)14-18(23)25-8/h12-13,24H,9-11,14H2,1-8H3. The average Bonchev–Trinajstić information content (AvgIpc) is 2.50. The van der Waals surface area contributed by atoms with Gasteiger partial charge in [-0.2, -0.15) is 0 Å². The van der Waals surface area contributed by atoms with E-state index < -0.39 is 0 Å². The van der Waals surface area contributed by atoms with Gasteiger partial charge in [0.25, 0.3) is 0 Å². The molecule has 0 amide bonds. The smallest absolute Gasteiger partial charge is 0.319 e. The van der Waals surface area contributed by atoms with Crippen LogP contribution < -0.4 is 0 Å². The number of thioether (sulfide) groups is 1. The number of benzene rings is 1. The first-order valence-corrected chi connectivity index (χ1v) is 10.1. The van der Waals surface area contributed by atoms with Crippen molar-refractivity contribution in [1.29, 1.82) is 0 Å². The highest BCUT2D eigenvalue weighted by atomic mass is 32.2. The molecule has 0 bridgehead atoms. The summed E-state index contributed by atoms with van der Waals surface area (Å²) in [5.74, 6) is 1.18. The molecule has 0 heterocycles.